The number of carbonyl (C=O) groups excluding carboxylic acids is 2. The molecule has 52 valence electrons. The molecule has 4 heteroatoms. The van der Waals surface area contributed by atoms with Gasteiger partial charge in [-0.15, -0.1) is 11.3 Å². The first-order chi connectivity index (χ1) is 4.84. The quantitative estimate of drug-likeness (QED) is 0.370. The van der Waals surface area contributed by atoms with Gasteiger partial charge < -0.3 is 4.79 Å². The van der Waals surface area contributed by atoms with Gasteiger partial charge in [0.05, 0.1) is 6.42 Å². The highest BCUT2D eigenvalue weighted by Gasteiger charge is 2.05. The molecule has 0 saturated heterocycles. The molecule has 0 amide bonds. The van der Waals surface area contributed by atoms with E-state index in [-0.39, 0.29) is 12.2 Å². The summed E-state index contributed by atoms with van der Waals surface area (Å²) in [5.41, 5.74) is 0. The molecule has 0 aliphatic heterocycles. The fraction of sp³-hybridized carbons (Fsp3) is 0.167. The molecule has 1 rings (SSSR count). The van der Waals surface area contributed by atoms with E-state index in [1.165, 1.54) is 11.3 Å². The van der Waals surface area contributed by atoms with Crippen molar-refractivity contribution in [1.29, 1.82) is 0 Å². The Morgan fingerprint density at radius 2 is 2.60 bits per heavy atom. The van der Waals surface area contributed by atoms with Gasteiger partial charge >= 0.3 is 0 Å². The van der Waals surface area contributed by atoms with Crippen molar-refractivity contribution in [3.63, 3.8) is 0 Å². The van der Waals surface area contributed by atoms with E-state index in [9.17, 15) is 9.59 Å². The maximum atomic E-state index is 10.8. The second kappa shape index (κ2) is 3.22. The van der Waals surface area contributed by atoms with Gasteiger partial charge in [0.25, 0.3) is 0 Å². The van der Waals surface area contributed by atoms with Crippen molar-refractivity contribution >= 4 is 23.4 Å². The Labute approximate surface area is 61.7 Å². The lowest BCUT2D eigenvalue weighted by molar-refractivity contribution is -0.107. The van der Waals surface area contributed by atoms with E-state index in [1.54, 1.807) is 11.6 Å². The third-order valence-electron chi connectivity index (χ3n) is 0.940. The van der Waals surface area contributed by atoms with Crippen molar-refractivity contribution in [3.8, 4) is 0 Å². The summed E-state index contributed by atoms with van der Waals surface area (Å²) in [5.74, 6) is -0.204. The summed E-state index contributed by atoms with van der Waals surface area (Å²) in [6.07, 6.45) is 2.07. The molecule has 0 fully saturated rings. The van der Waals surface area contributed by atoms with E-state index in [4.69, 9.17) is 0 Å². The molecule has 0 bridgehead atoms. The summed E-state index contributed by atoms with van der Waals surface area (Å²) in [6.45, 7) is 0. The molecule has 0 atom stereocenters. The number of hydrogen-bond donors (Lipinski definition) is 0. The zero-order chi connectivity index (χ0) is 7.40. The maximum absolute atomic E-state index is 10.8. The summed E-state index contributed by atoms with van der Waals surface area (Å²) in [6, 6.07) is 0. The summed E-state index contributed by atoms with van der Waals surface area (Å²) in [4.78, 5) is 24.4. The lowest BCUT2D eigenvalue weighted by Gasteiger charge is -1.84. The number of carbonyl (C=O) groups is 2. The second-order valence-electron chi connectivity index (χ2n) is 1.63. The Kier molecular flexibility index (Phi) is 2.28. The van der Waals surface area contributed by atoms with Gasteiger partial charge in [-0.2, -0.15) is 0 Å². The standard InChI is InChI=1S/C6H5NO2S/c8-3-1-5(9)6-7-2-4-10-6/h2-4H,1H2. The van der Waals surface area contributed by atoms with Crippen LogP contribution < -0.4 is 0 Å². The van der Waals surface area contributed by atoms with Gasteiger partial charge in [0.1, 0.15) is 6.29 Å². The lowest BCUT2D eigenvalue weighted by atomic mass is 10.3. The second-order valence-corrected chi connectivity index (χ2v) is 2.53. The molecule has 1 heterocycles. The minimum absolute atomic E-state index is 0.0620. The van der Waals surface area contributed by atoms with E-state index in [1.807, 2.05) is 0 Å². The van der Waals surface area contributed by atoms with Gasteiger partial charge in [-0.05, 0) is 0 Å². The molecule has 10 heavy (non-hydrogen) atoms. The largest absolute Gasteiger partial charge is 0.303 e. The molecule has 0 N–H and O–H groups in total. The van der Waals surface area contributed by atoms with Gasteiger partial charge in [0.15, 0.2) is 10.8 Å². The number of rotatable bonds is 3. The summed E-state index contributed by atoms with van der Waals surface area (Å²) in [5, 5.41) is 2.12. The third kappa shape index (κ3) is 1.48. The van der Waals surface area contributed by atoms with E-state index in [0.717, 1.165) is 0 Å². The Hall–Kier alpha value is -1.03. The van der Waals surface area contributed by atoms with Crippen molar-refractivity contribution < 1.29 is 9.59 Å². The van der Waals surface area contributed by atoms with Crippen LogP contribution in [0, 0.1) is 0 Å². The molecule has 0 aromatic carbocycles. The van der Waals surface area contributed by atoms with Crippen LogP contribution in [0.1, 0.15) is 16.2 Å². The smallest absolute Gasteiger partial charge is 0.198 e. The molecule has 3 nitrogen and oxygen atoms in total. The fourth-order valence-corrected chi connectivity index (χ4v) is 1.11. The molecular formula is C6H5NO2S. The van der Waals surface area contributed by atoms with Crippen LogP contribution in [0.5, 0.6) is 0 Å². The first kappa shape index (κ1) is 7.08. The van der Waals surface area contributed by atoms with Gasteiger partial charge in [-0.1, -0.05) is 0 Å². The van der Waals surface area contributed by atoms with Crippen LogP contribution in [0.2, 0.25) is 0 Å². The van der Waals surface area contributed by atoms with Crippen molar-refractivity contribution in [2.75, 3.05) is 0 Å². The molecule has 0 unspecified atom stereocenters. The van der Waals surface area contributed by atoms with Crippen LogP contribution in [0.3, 0.4) is 0 Å². The molecule has 0 saturated carbocycles. The maximum Gasteiger partial charge on any atom is 0.198 e. The van der Waals surface area contributed by atoms with Crippen molar-refractivity contribution in [2.45, 2.75) is 6.42 Å². The first-order valence-corrected chi connectivity index (χ1v) is 3.59. The number of nitrogens with zero attached hydrogens (tertiary/aromatic N) is 1. The van der Waals surface area contributed by atoms with Gasteiger partial charge in [0, 0.05) is 11.6 Å². The number of Topliss-reactive ketones (excluding diaryl/α,β-unsaturated/α-hetero) is 1. The average Bonchev–Trinajstić information content (AvgIpc) is 2.38. The summed E-state index contributed by atoms with van der Waals surface area (Å²) in [7, 11) is 0. The van der Waals surface area contributed by atoms with Gasteiger partial charge in [0.2, 0.25) is 0 Å². The highest BCUT2D eigenvalue weighted by molar-refractivity contribution is 7.11. The lowest BCUT2D eigenvalue weighted by Crippen LogP contribution is -1.97. The normalized spacial score (nSPS) is 9.20. The van der Waals surface area contributed by atoms with Crippen LogP contribution in [-0.2, 0) is 4.79 Å². The molecular weight excluding hydrogens is 150 g/mol. The van der Waals surface area contributed by atoms with Crippen LogP contribution in [0.4, 0.5) is 0 Å². The summed E-state index contributed by atoms with van der Waals surface area (Å²) >= 11 is 1.25. The average molecular weight is 155 g/mol. The van der Waals surface area contributed by atoms with E-state index in [2.05, 4.69) is 4.98 Å². The third-order valence-corrected chi connectivity index (χ3v) is 1.75. The van der Waals surface area contributed by atoms with E-state index >= 15 is 0 Å². The fourth-order valence-electron chi connectivity index (χ4n) is 0.524. The zero-order valence-electron chi connectivity index (χ0n) is 5.11. The van der Waals surface area contributed by atoms with Gasteiger partial charge in [-0.3, -0.25) is 4.79 Å². The molecule has 0 spiro atoms. The van der Waals surface area contributed by atoms with E-state index < -0.39 is 0 Å². The Balaban J connectivity index is 2.68. The zero-order valence-corrected chi connectivity index (χ0v) is 5.93. The molecule has 0 aliphatic rings. The monoisotopic (exact) mass is 155 g/mol. The van der Waals surface area contributed by atoms with E-state index in [0.29, 0.717) is 11.3 Å². The minimum Gasteiger partial charge on any atom is -0.303 e. The highest BCUT2D eigenvalue weighted by atomic mass is 32.1. The van der Waals surface area contributed by atoms with Gasteiger partial charge in [-0.25, -0.2) is 4.98 Å². The topological polar surface area (TPSA) is 47.0 Å². The molecule has 1 aromatic rings. The number of aldehydes is 1. The van der Waals surface area contributed by atoms with Crippen LogP contribution >= 0.6 is 11.3 Å². The Morgan fingerprint density at radius 3 is 3.10 bits per heavy atom. The molecule has 0 aliphatic carbocycles. The van der Waals surface area contributed by atoms with Crippen LogP contribution in [-0.4, -0.2) is 17.1 Å². The number of aromatic nitrogens is 1. The minimum atomic E-state index is -0.204. The Bertz CT molecular complexity index is 230. The number of thiazole rings is 1. The number of hydrogen-bond acceptors (Lipinski definition) is 4. The number of ketones is 1. The Morgan fingerprint density at radius 1 is 1.80 bits per heavy atom. The van der Waals surface area contributed by atoms with Crippen LogP contribution in [0.15, 0.2) is 11.6 Å². The highest BCUT2D eigenvalue weighted by Crippen LogP contribution is 2.05. The predicted octanol–water partition coefficient (Wildman–Crippen LogP) is 0.915. The SMILES string of the molecule is O=CCC(=O)c1nccs1. The van der Waals surface area contributed by atoms with Crippen molar-refractivity contribution in [3.05, 3.63) is 16.6 Å². The van der Waals surface area contributed by atoms with Crippen molar-refractivity contribution in [1.82, 2.24) is 4.98 Å². The molecule has 1 aromatic heterocycles. The van der Waals surface area contributed by atoms with Crippen molar-refractivity contribution in [2.24, 2.45) is 0 Å². The molecule has 0 radical (unpaired) electrons. The van der Waals surface area contributed by atoms with Crippen LogP contribution in [0.25, 0.3) is 0 Å². The first-order valence-electron chi connectivity index (χ1n) is 2.71. The predicted molar refractivity (Wildman–Crippen MR) is 37.1 cm³/mol. The summed E-state index contributed by atoms with van der Waals surface area (Å²) < 4.78 is 0.